The zero-order valence-electron chi connectivity index (χ0n) is 15.4. The van der Waals surface area contributed by atoms with Crippen LogP contribution in [0.5, 0.6) is 0 Å². The minimum Gasteiger partial charge on any atom is -0.457 e. The molecule has 1 atom stereocenters. The van der Waals surface area contributed by atoms with Crippen LogP contribution in [0.4, 0.5) is 11.4 Å². The van der Waals surface area contributed by atoms with Crippen LogP contribution in [0.1, 0.15) is 11.9 Å². The lowest BCUT2D eigenvalue weighted by Crippen LogP contribution is -2.45. The van der Waals surface area contributed by atoms with Crippen LogP contribution >= 0.6 is 12.6 Å². The van der Waals surface area contributed by atoms with E-state index in [0.717, 1.165) is 0 Å². The molecule has 8 nitrogen and oxygen atoms in total. The maximum Gasteiger partial charge on any atom is 0.280 e. The number of rotatable bonds is 4. The second-order valence-corrected chi connectivity index (χ2v) is 6.79. The summed E-state index contributed by atoms with van der Waals surface area (Å²) in [5, 5.41) is 23.6. The molecule has 4 rings (SSSR count). The zero-order valence-corrected chi connectivity index (χ0v) is 16.2. The second-order valence-electron chi connectivity index (χ2n) is 6.37. The number of benzene rings is 2. The normalized spacial score (nSPS) is 16.2. The summed E-state index contributed by atoms with van der Waals surface area (Å²) in [6.45, 7) is 0. The van der Waals surface area contributed by atoms with Gasteiger partial charge in [-0.1, -0.05) is 30.3 Å². The predicted molar refractivity (Wildman–Crippen MR) is 112 cm³/mol. The van der Waals surface area contributed by atoms with Crippen LogP contribution < -0.4 is 10.2 Å². The Labute approximate surface area is 176 Å². The Morgan fingerprint density at radius 1 is 1.10 bits per heavy atom. The molecule has 30 heavy (non-hydrogen) atoms. The number of anilines is 1. The topological polar surface area (TPSA) is 112 Å². The number of carbonyl (C=O) groups excluding carboxylic acids is 1. The molecule has 3 aromatic rings. The Hall–Kier alpha value is -4.03. The van der Waals surface area contributed by atoms with E-state index in [1.165, 1.54) is 6.07 Å². The maximum atomic E-state index is 12.4. The first-order valence-corrected chi connectivity index (χ1v) is 9.28. The van der Waals surface area contributed by atoms with Crippen molar-refractivity contribution in [2.24, 2.45) is 0 Å². The smallest absolute Gasteiger partial charge is 0.280 e. The van der Waals surface area contributed by atoms with E-state index in [0.29, 0.717) is 17.0 Å². The summed E-state index contributed by atoms with van der Waals surface area (Å²) < 4.78 is 5.92. The van der Waals surface area contributed by atoms with Crippen molar-refractivity contribution in [3.05, 3.63) is 93.2 Å². The van der Waals surface area contributed by atoms with E-state index in [9.17, 15) is 20.2 Å². The molecule has 1 amide bonds. The van der Waals surface area contributed by atoms with Gasteiger partial charge in [-0.2, -0.15) is 5.26 Å². The van der Waals surface area contributed by atoms with Gasteiger partial charge >= 0.3 is 0 Å². The average molecular weight is 418 g/mol. The number of thiol groups is 1. The third-order valence-corrected chi connectivity index (χ3v) is 5.05. The third kappa shape index (κ3) is 3.29. The van der Waals surface area contributed by atoms with E-state index in [2.05, 4.69) is 17.9 Å². The Kier molecular flexibility index (Phi) is 5.00. The highest BCUT2D eigenvalue weighted by Crippen LogP contribution is 2.38. The molecule has 0 radical (unpaired) electrons. The van der Waals surface area contributed by atoms with E-state index in [1.807, 2.05) is 36.4 Å². The van der Waals surface area contributed by atoms with Crippen LogP contribution in [0.2, 0.25) is 0 Å². The SMILES string of the molecule is N#CC1=C(S)N(c2ccccc2)C(c2ccc(-c3ccccc3[N+](=O)[O-])o2)NC1=O. The Morgan fingerprint density at radius 3 is 2.50 bits per heavy atom. The molecule has 2 aromatic carbocycles. The van der Waals surface area contributed by atoms with Gasteiger partial charge in [0.25, 0.3) is 11.6 Å². The van der Waals surface area contributed by atoms with Crippen LogP contribution in [-0.4, -0.2) is 10.8 Å². The summed E-state index contributed by atoms with van der Waals surface area (Å²) in [7, 11) is 0. The van der Waals surface area contributed by atoms with Gasteiger partial charge < -0.3 is 14.6 Å². The van der Waals surface area contributed by atoms with Gasteiger partial charge in [-0.05, 0) is 30.3 Å². The number of para-hydroxylation sites is 2. The first kappa shape index (κ1) is 19.3. The average Bonchev–Trinajstić information content (AvgIpc) is 3.24. The number of nitriles is 1. The molecule has 1 unspecified atom stereocenters. The number of amides is 1. The number of nitro groups is 1. The van der Waals surface area contributed by atoms with Gasteiger partial charge in [0.1, 0.15) is 23.2 Å². The van der Waals surface area contributed by atoms with Crippen LogP contribution in [0.25, 0.3) is 11.3 Å². The number of furan rings is 1. The summed E-state index contributed by atoms with van der Waals surface area (Å²) in [6, 6.07) is 20.4. The highest BCUT2D eigenvalue weighted by molar-refractivity contribution is 7.84. The van der Waals surface area contributed by atoms with Gasteiger partial charge in [-0.3, -0.25) is 14.9 Å². The molecule has 1 N–H and O–H groups in total. The van der Waals surface area contributed by atoms with Crippen molar-refractivity contribution in [3.63, 3.8) is 0 Å². The highest BCUT2D eigenvalue weighted by Gasteiger charge is 2.36. The molecule has 1 aliphatic heterocycles. The van der Waals surface area contributed by atoms with E-state index in [1.54, 1.807) is 35.2 Å². The molecule has 1 aliphatic rings. The molecule has 2 heterocycles. The highest BCUT2D eigenvalue weighted by atomic mass is 32.1. The minimum absolute atomic E-state index is 0.0902. The summed E-state index contributed by atoms with van der Waals surface area (Å²) in [5.41, 5.74) is 0.793. The summed E-state index contributed by atoms with van der Waals surface area (Å²) in [6.07, 6.45) is -0.791. The molecule has 0 spiro atoms. The lowest BCUT2D eigenvalue weighted by Gasteiger charge is -2.36. The standard InChI is InChI=1S/C21H14N4O4S/c22-12-15-20(26)23-19(24(21(15)30)13-6-2-1-3-7-13)18-11-10-17(29-18)14-8-4-5-9-16(14)25(27)28/h1-11,19,30H,(H,23,26). The van der Waals surface area contributed by atoms with Gasteiger partial charge in [0, 0.05) is 11.8 Å². The lowest BCUT2D eigenvalue weighted by molar-refractivity contribution is -0.384. The fourth-order valence-electron chi connectivity index (χ4n) is 3.25. The van der Waals surface area contributed by atoms with Crippen molar-refractivity contribution in [1.29, 1.82) is 5.26 Å². The van der Waals surface area contributed by atoms with Crippen molar-refractivity contribution < 1.29 is 14.1 Å². The van der Waals surface area contributed by atoms with E-state index in [-0.39, 0.29) is 22.0 Å². The molecular formula is C21H14N4O4S. The van der Waals surface area contributed by atoms with Crippen molar-refractivity contribution in [3.8, 4) is 17.4 Å². The Morgan fingerprint density at radius 2 is 1.80 bits per heavy atom. The molecule has 0 bridgehead atoms. The molecule has 1 aromatic heterocycles. The second kappa shape index (κ2) is 7.77. The van der Waals surface area contributed by atoms with Gasteiger partial charge in [0.2, 0.25) is 0 Å². The maximum absolute atomic E-state index is 12.4. The van der Waals surface area contributed by atoms with Gasteiger partial charge in [-0.15, -0.1) is 12.6 Å². The van der Waals surface area contributed by atoms with Crippen LogP contribution in [-0.2, 0) is 4.79 Å². The van der Waals surface area contributed by atoms with Gasteiger partial charge in [-0.25, -0.2) is 0 Å². The number of hydrogen-bond acceptors (Lipinski definition) is 7. The number of nitrogens with one attached hydrogen (secondary N) is 1. The fourth-order valence-corrected chi connectivity index (χ4v) is 3.63. The molecule has 0 saturated heterocycles. The van der Waals surface area contributed by atoms with Crippen LogP contribution in [0, 0.1) is 21.4 Å². The largest absolute Gasteiger partial charge is 0.457 e. The molecule has 9 heteroatoms. The monoisotopic (exact) mass is 418 g/mol. The van der Waals surface area contributed by atoms with Crippen molar-refractivity contribution in [1.82, 2.24) is 5.32 Å². The molecule has 0 fully saturated rings. The Balaban J connectivity index is 1.81. The molecule has 148 valence electrons. The molecule has 0 saturated carbocycles. The van der Waals surface area contributed by atoms with E-state index < -0.39 is 17.0 Å². The van der Waals surface area contributed by atoms with Crippen LogP contribution in [0.15, 0.2) is 81.7 Å². The summed E-state index contributed by atoms with van der Waals surface area (Å²) in [4.78, 5) is 24.9. The quantitative estimate of drug-likeness (QED) is 0.374. The van der Waals surface area contributed by atoms with Gasteiger partial charge in [0.15, 0.2) is 6.17 Å². The third-order valence-electron chi connectivity index (χ3n) is 4.61. The molecular weight excluding hydrogens is 404 g/mol. The Bertz CT molecular complexity index is 1210. The lowest BCUT2D eigenvalue weighted by atomic mass is 10.1. The number of carbonyl (C=O) groups is 1. The van der Waals surface area contributed by atoms with E-state index in [4.69, 9.17) is 4.42 Å². The predicted octanol–water partition coefficient (Wildman–Crippen LogP) is 4.15. The van der Waals surface area contributed by atoms with Crippen molar-refractivity contribution in [2.75, 3.05) is 4.90 Å². The number of nitrogens with zero attached hydrogens (tertiary/aromatic N) is 3. The summed E-state index contributed by atoms with van der Waals surface area (Å²) in [5.74, 6) is 0.0440. The van der Waals surface area contributed by atoms with Gasteiger partial charge in [0.05, 0.1) is 15.5 Å². The molecule has 0 aliphatic carbocycles. The minimum atomic E-state index is -0.791. The van der Waals surface area contributed by atoms with Crippen LogP contribution in [0.3, 0.4) is 0 Å². The number of hydrogen-bond donors (Lipinski definition) is 2. The van der Waals surface area contributed by atoms with Crippen molar-refractivity contribution >= 4 is 29.9 Å². The van der Waals surface area contributed by atoms with Crippen molar-refractivity contribution in [2.45, 2.75) is 6.17 Å². The van der Waals surface area contributed by atoms with E-state index >= 15 is 0 Å². The zero-order chi connectivity index (χ0) is 21.3. The first-order valence-electron chi connectivity index (χ1n) is 8.83. The fraction of sp³-hybridized carbons (Fsp3) is 0.0476. The first-order chi connectivity index (χ1) is 14.5. The summed E-state index contributed by atoms with van der Waals surface area (Å²) >= 11 is 4.42. The number of nitro benzene ring substituents is 1.